The van der Waals surface area contributed by atoms with E-state index in [1.807, 2.05) is 36.4 Å². The van der Waals surface area contributed by atoms with Crippen LogP contribution in [-0.4, -0.2) is 11.6 Å². The number of epoxide rings is 1. The Hall–Kier alpha value is -1.32. The van der Waals surface area contributed by atoms with Crippen molar-refractivity contribution in [3.05, 3.63) is 63.1 Å². The van der Waals surface area contributed by atoms with Crippen molar-refractivity contribution in [3.8, 4) is 11.3 Å². The molecule has 1 atom stereocenters. The number of fused-ring (bicyclic) bond motifs is 1. The molecule has 0 bridgehead atoms. The number of rotatable bonds is 2. The molecule has 1 saturated heterocycles. The van der Waals surface area contributed by atoms with Gasteiger partial charge in [0.15, 0.2) is 0 Å². The minimum atomic E-state index is 0.0890. The number of halogens is 3. The van der Waals surface area contributed by atoms with Crippen LogP contribution in [0.25, 0.3) is 22.2 Å². The highest BCUT2D eigenvalue weighted by Crippen LogP contribution is 2.39. The van der Waals surface area contributed by atoms with Crippen molar-refractivity contribution in [1.29, 1.82) is 0 Å². The second-order valence-electron chi connectivity index (χ2n) is 5.21. The molecular formula is C17H10Cl3NO. The summed E-state index contributed by atoms with van der Waals surface area (Å²) in [6, 6.07) is 13.2. The number of ether oxygens (including phenoxy) is 1. The maximum Gasteiger partial charge on any atom is 0.107 e. The van der Waals surface area contributed by atoms with Crippen LogP contribution in [0.2, 0.25) is 15.1 Å². The van der Waals surface area contributed by atoms with E-state index in [1.54, 1.807) is 6.07 Å². The lowest BCUT2D eigenvalue weighted by atomic mass is 10.0. The van der Waals surface area contributed by atoms with Crippen LogP contribution in [-0.2, 0) is 4.74 Å². The predicted molar refractivity (Wildman–Crippen MR) is 90.9 cm³/mol. The number of nitrogens with zero attached hydrogens (tertiary/aromatic N) is 1. The smallest absolute Gasteiger partial charge is 0.107 e. The number of aromatic nitrogens is 1. The predicted octanol–water partition coefficient (Wildman–Crippen LogP) is 5.93. The first-order chi connectivity index (χ1) is 10.6. The summed E-state index contributed by atoms with van der Waals surface area (Å²) < 4.78 is 5.46. The maximum absolute atomic E-state index is 6.34. The van der Waals surface area contributed by atoms with Gasteiger partial charge in [-0.15, -0.1) is 0 Å². The summed E-state index contributed by atoms with van der Waals surface area (Å²) in [6.45, 7) is 0.712. The third-order valence-corrected chi connectivity index (χ3v) is 4.44. The molecule has 2 aromatic carbocycles. The van der Waals surface area contributed by atoms with Gasteiger partial charge in [0.1, 0.15) is 6.10 Å². The van der Waals surface area contributed by atoms with Gasteiger partial charge in [0.25, 0.3) is 0 Å². The fraction of sp³-hybridized carbons (Fsp3) is 0.118. The second-order valence-corrected chi connectivity index (χ2v) is 6.49. The molecule has 0 saturated carbocycles. The molecule has 2 nitrogen and oxygen atoms in total. The minimum absolute atomic E-state index is 0.0890. The maximum atomic E-state index is 6.34. The summed E-state index contributed by atoms with van der Waals surface area (Å²) in [7, 11) is 0. The Bertz CT molecular complexity index is 873. The lowest BCUT2D eigenvalue weighted by Crippen LogP contribution is -1.93. The Morgan fingerprint density at radius 3 is 2.36 bits per heavy atom. The van der Waals surface area contributed by atoms with Crippen molar-refractivity contribution in [1.82, 2.24) is 4.98 Å². The van der Waals surface area contributed by atoms with E-state index in [0.717, 1.165) is 27.7 Å². The first-order valence-corrected chi connectivity index (χ1v) is 7.92. The molecular weight excluding hydrogens is 341 g/mol. The van der Waals surface area contributed by atoms with Crippen LogP contribution in [0.4, 0.5) is 0 Å². The lowest BCUT2D eigenvalue weighted by Gasteiger charge is -2.10. The van der Waals surface area contributed by atoms with Crippen LogP contribution in [0.1, 0.15) is 11.7 Å². The van der Waals surface area contributed by atoms with Gasteiger partial charge in [-0.3, -0.25) is 0 Å². The van der Waals surface area contributed by atoms with Gasteiger partial charge in [0, 0.05) is 21.0 Å². The van der Waals surface area contributed by atoms with Crippen LogP contribution < -0.4 is 0 Å². The van der Waals surface area contributed by atoms with Gasteiger partial charge >= 0.3 is 0 Å². The summed E-state index contributed by atoms with van der Waals surface area (Å²) in [5, 5.41) is 2.78. The third kappa shape index (κ3) is 2.57. The van der Waals surface area contributed by atoms with Crippen molar-refractivity contribution < 1.29 is 4.74 Å². The van der Waals surface area contributed by atoms with Gasteiger partial charge in [-0.05, 0) is 35.9 Å². The summed E-state index contributed by atoms with van der Waals surface area (Å²) in [6.07, 6.45) is 0.0890. The Labute approximate surface area is 142 Å². The molecule has 5 heteroatoms. The Kier molecular flexibility index (Phi) is 3.50. The van der Waals surface area contributed by atoms with E-state index in [0.29, 0.717) is 21.7 Å². The molecule has 3 aromatic rings. The van der Waals surface area contributed by atoms with Crippen molar-refractivity contribution in [2.75, 3.05) is 6.61 Å². The zero-order chi connectivity index (χ0) is 15.3. The van der Waals surface area contributed by atoms with Gasteiger partial charge in [0.05, 0.1) is 22.8 Å². The molecule has 110 valence electrons. The SMILES string of the molecule is Clc1ccc(-c2cc([C@H]3CO3)c3cc(Cl)cc(Cl)c3n2)cc1. The van der Waals surface area contributed by atoms with Crippen molar-refractivity contribution in [2.45, 2.75) is 6.10 Å². The first-order valence-electron chi connectivity index (χ1n) is 6.79. The van der Waals surface area contributed by atoms with Crippen LogP contribution >= 0.6 is 34.8 Å². The van der Waals surface area contributed by atoms with E-state index in [4.69, 9.17) is 44.5 Å². The van der Waals surface area contributed by atoms with Crippen LogP contribution in [0.3, 0.4) is 0 Å². The zero-order valence-electron chi connectivity index (χ0n) is 11.3. The van der Waals surface area contributed by atoms with E-state index < -0.39 is 0 Å². The van der Waals surface area contributed by atoms with Crippen LogP contribution in [0.15, 0.2) is 42.5 Å². The molecule has 4 rings (SSSR count). The van der Waals surface area contributed by atoms with Gasteiger partial charge in [-0.2, -0.15) is 0 Å². The zero-order valence-corrected chi connectivity index (χ0v) is 13.6. The highest BCUT2D eigenvalue weighted by atomic mass is 35.5. The number of pyridine rings is 1. The quantitative estimate of drug-likeness (QED) is 0.535. The Balaban J connectivity index is 1.99. The first kappa shape index (κ1) is 14.3. The highest BCUT2D eigenvalue weighted by Gasteiger charge is 2.28. The minimum Gasteiger partial charge on any atom is -0.368 e. The Morgan fingerprint density at radius 2 is 1.68 bits per heavy atom. The fourth-order valence-corrected chi connectivity index (χ4v) is 3.20. The van der Waals surface area contributed by atoms with Crippen LogP contribution in [0, 0.1) is 0 Å². The largest absolute Gasteiger partial charge is 0.368 e. The molecule has 2 heterocycles. The summed E-state index contributed by atoms with van der Waals surface area (Å²) >= 11 is 18.4. The summed E-state index contributed by atoms with van der Waals surface area (Å²) in [5.41, 5.74) is 3.64. The van der Waals surface area contributed by atoms with E-state index in [9.17, 15) is 0 Å². The van der Waals surface area contributed by atoms with Gasteiger partial charge in [-0.25, -0.2) is 4.98 Å². The molecule has 0 radical (unpaired) electrons. The molecule has 0 N–H and O–H groups in total. The van der Waals surface area contributed by atoms with E-state index in [-0.39, 0.29) is 6.10 Å². The molecule has 0 aliphatic carbocycles. The van der Waals surface area contributed by atoms with Gasteiger partial charge in [-0.1, -0.05) is 46.9 Å². The van der Waals surface area contributed by atoms with Gasteiger partial charge < -0.3 is 4.74 Å². The summed E-state index contributed by atoms with van der Waals surface area (Å²) in [5.74, 6) is 0. The Morgan fingerprint density at radius 1 is 0.955 bits per heavy atom. The highest BCUT2D eigenvalue weighted by molar-refractivity contribution is 6.38. The fourth-order valence-electron chi connectivity index (χ4n) is 2.54. The number of hydrogen-bond acceptors (Lipinski definition) is 2. The van der Waals surface area contributed by atoms with Gasteiger partial charge in [0.2, 0.25) is 0 Å². The standard InChI is InChI=1S/C17H10Cl3NO/c18-10-3-1-9(2-4-10)15-7-12(16-8-22-16)13-5-11(19)6-14(20)17(13)21-15/h1-7,16H,8H2/t16-/m1/s1. The molecule has 1 fully saturated rings. The third-order valence-electron chi connectivity index (χ3n) is 3.68. The molecule has 22 heavy (non-hydrogen) atoms. The summed E-state index contributed by atoms with van der Waals surface area (Å²) in [4.78, 5) is 4.70. The van der Waals surface area contributed by atoms with Crippen molar-refractivity contribution in [3.63, 3.8) is 0 Å². The topological polar surface area (TPSA) is 25.4 Å². The van der Waals surface area contributed by atoms with E-state index in [2.05, 4.69) is 0 Å². The monoisotopic (exact) mass is 349 g/mol. The van der Waals surface area contributed by atoms with Crippen molar-refractivity contribution in [2.24, 2.45) is 0 Å². The average molecular weight is 351 g/mol. The second kappa shape index (κ2) is 5.39. The van der Waals surface area contributed by atoms with E-state index in [1.165, 1.54) is 0 Å². The van der Waals surface area contributed by atoms with Crippen LogP contribution in [0.5, 0.6) is 0 Å². The average Bonchev–Trinajstić information content (AvgIpc) is 3.32. The lowest BCUT2D eigenvalue weighted by molar-refractivity contribution is 0.417. The molecule has 0 unspecified atom stereocenters. The molecule has 1 aliphatic rings. The van der Waals surface area contributed by atoms with E-state index >= 15 is 0 Å². The molecule has 0 amide bonds. The number of hydrogen-bond donors (Lipinski definition) is 0. The normalized spacial score (nSPS) is 17.0. The molecule has 0 spiro atoms. The van der Waals surface area contributed by atoms with Crippen molar-refractivity contribution >= 4 is 45.7 Å². The molecule has 1 aliphatic heterocycles. The number of benzene rings is 2. The molecule has 1 aromatic heterocycles.